The second-order valence-electron chi connectivity index (χ2n) is 5.54. The molecule has 5 heteroatoms. The number of hydrogen-bond acceptors (Lipinski definition) is 3. The van der Waals surface area contributed by atoms with E-state index in [1.54, 1.807) is 18.2 Å². The molecule has 3 atom stereocenters. The Morgan fingerprint density at radius 3 is 2.74 bits per heavy atom. The van der Waals surface area contributed by atoms with E-state index in [9.17, 15) is 10.1 Å². The summed E-state index contributed by atoms with van der Waals surface area (Å²) in [6.07, 6.45) is 3.37. The first kappa shape index (κ1) is 14.1. The molecular formula is C14H19ClN2O2. The number of halogens is 1. The zero-order chi connectivity index (χ0) is 14.0. The standard InChI is InChI=1S/C14H19ClN2O2/c1-9-6-7-12(10(2)8-9)16-13-5-3-4-11(15)14(13)17(18)19/h3-5,9-10,12,16H,6-8H2,1-2H3. The number of nitro groups is 1. The van der Waals surface area contributed by atoms with Gasteiger partial charge in [-0.25, -0.2) is 0 Å². The van der Waals surface area contributed by atoms with E-state index in [4.69, 9.17) is 11.6 Å². The minimum atomic E-state index is -0.416. The Kier molecular flexibility index (Phi) is 4.30. The highest BCUT2D eigenvalue weighted by atomic mass is 35.5. The van der Waals surface area contributed by atoms with Crippen molar-refractivity contribution in [2.75, 3.05) is 5.32 Å². The summed E-state index contributed by atoms with van der Waals surface area (Å²) in [7, 11) is 0. The highest BCUT2D eigenvalue weighted by molar-refractivity contribution is 6.33. The number of benzene rings is 1. The van der Waals surface area contributed by atoms with Crippen LogP contribution in [0.5, 0.6) is 0 Å². The van der Waals surface area contributed by atoms with Crippen LogP contribution in [0.2, 0.25) is 5.02 Å². The second-order valence-corrected chi connectivity index (χ2v) is 5.95. The summed E-state index contributed by atoms with van der Waals surface area (Å²) in [4.78, 5) is 10.7. The molecule has 104 valence electrons. The van der Waals surface area contributed by atoms with Crippen LogP contribution in [-0.2, 0) is 0 Å². The first-order valence-electron chi connectivity index (χ1n) is 6.68. The van der Waals surface area contributed by atoms with Gasteiger partial charge in [-0.05, 0) is 43.2 Å². The topological polar surface area (TPSA) is 55.2 Å². The van der Waals surface area contributed by atoms with Crippen LogP contribution in [0.3, 0.4) is 0 Å². The van der Waals surface area contributed by atoms with Crippen LogP contribution in [0.4, 0.5) is 11.4 Å². The molecule has 1 aromatic carbocycles. The van der Waals surface area contributed by atoms with Crippen LogP contribution in [0.15, 0.2) is 18.2 Å². The molecule has 4 nitrogen and oxygen atoms in total. The smallest absolute Gasteiger partial charge is 0.310 e. The molecule has 0 amide bonds. The van der Waals surface area contributed by atoms with Gasteiger partial charge in [0.05, 0.1) is 4.92 Å². The number of nitro benzene ring substituents is 1. The molecular weight excluding hydrogens is 264 g/mol. The van der Waals surface area contributed by atoms with Crippen LogP contribution < -0.4 is 5.32 Å². The maximum atomic E-state index is 11.1. The van der Waals surface area contributed by atoms with Crippen molar-refractivity contribution in [1.29, 1.82) is 0 Å². The summed E-state index contributed by atoms with van der Waals surface area (Å²) in [5.41, 5.74) is 0.513. The van der Waals surface area contributed by atoms with E-state index in [0.29, 0.717) is 11.6 Å². The van der Waals surface area contributed by atoms with Crippen LogP contribution in [0, 0.1) is 22.0 Å². The number of nitrogens with zero attached hydrogens (tertiary/aromatic N) is 1. The molecule has 19 heavy (non-hydrogen) atoms. The summed E-state index contributed by atoms with van der Waals surface area (Å²) < 4.78 is 0. The zero-order valence-corrected chi connectivity index (χ0v) is 12.0. The van der Waals surface area contributed by atoms with E-state index in [1.165, 1.54) is 0 Å². The third-order valence-corrected chi connectivity index (χ3v) is 4.25. The molecule has 0 spiro atoms. The van der Waals surface area contributed by atoms with Crippen LogP contribution >= 0.6 is 11.6 Å². The SMILES string of the molecule is CC1CCC(Nc2cccc(Cl)c2[N+](=O)[O-])C(C)C1. The van der Waals surface area contributed by atoms with Gasteiger partial charge in [0.1, 0.15) is 10.7 Å². The Labute approximate surface area is 118 Å². The van der Waals surface area contributed by atoms with Crippen molar-refractivity contribution in [1.82, 2.24) is 0 Å². The van der Waals surface area contributed by atoms with Crippen molar-refractivity contribution in [3.05, 3.63) is 33.3 Å². The van der Waals surface area contributed by atoms with Crippen molar-refractivity contribution in [2.45, 2.75) is 39.2 Å². The number of rotatable bonds is 3. The lowest BCUT2D eigenvalue weighted by molar-refractivity contribution is -0.383. The number of hydrogen-bond donors (Lipinski definition) is 1. The van der Waals surface area contributed by atoms with Crippen molar-refractivity contribution in [2.24, 2.45) is 11.8 Å². The first-order chi connectivity index (χ1) is 8.99. The minimum absolute atomic E-state index is 0.0185. The normalized spacial score (nSPS) is 27.0. The highest BCUT2D eigenvalue weighted by Gasteiger charge is 2.27. The maximum Gasteiger partial charge on any atom is 0.310 e. The molecule has 1 aliphatic carbocycles. The molecule has 1 N–H and O–H groups in total. The second kappa shape index (κ2) is 5.78. The Balaban J connectivity index is 2.19. The summed E-state index contributed by atoms with van der Waals surface area (Å²) in [5, 5.41) is 14.6. The van der Waals surface area contributed by atoms with Gasteiger partial charge < -0.3 is 5.32 Å². The Morgan fingerprint density at radius 2 is 2.11 bits per heavy atom. The van der Waals surface area contributed by atoms with Gasteiger partial charge in [0, 0.05) is 6.04 Å². The van der Waals surface area contributed by atoms with Gasteiger partial charge in [-0.15, -0.1) is 0 Å². The van der Waals surface area contributed by atoms with Crippen molar-refractivity contribution in [3.63, 3.8) is 0 Å². The van der Waals surface area contributed by atoms with Crippen molar-refractivity contribution in [3.8, 4) is 0 Å². The van der Waals surface area contributed by atoms with Gasteiger partial charge in [-0.3, -0.25) is 10.1 Å². The summed E-state index contributed by atoms with van der Waals surface area (Å²) in [6.45, 7) is 4.46. The lowest BCUT2D eigenvalue weighted by Crippen LogP contribution is -2.33. The van der Waals surface area contributed by atoms with Gasteiger partial charge >= 0.3 is 5.69 Å². The monoisotopic (exact) mass is 282 g/mol. The molecule has 1 aromatic rings. The number of para-hydroxylation sites is 1. The lowest BCUT2D eigenvalue weighted by atomic mass is 9.80. The highest BCUT2D eigenvalue weighted by Crippen LogP contribution is 2.36. The number of nitrogens with one attached hydrogen (secondary N) is 1. The molecule has 0 bridgehead atoms. The third kappa shape index (κ3) is 3.18. The van der Waals surface area contributed by atoms with Crippen LogP contribution in [-0.4, -0.2) is 11.0 Å². The van der Waals surface area contributed by atoms with E-state index in [2.05, 4.69) is 19.2 Å². The fourth-order valence-corrected chi connectivity index (χ4v) is 3.14. The van der Waals surface area contributed by atoms with Gasteiger partial charge in [-0.2, -0.15) is 0 Å². The minimum Gasteiger partial charge on any atom is -0.376 e. The molecule has 0 saturated heterocycles. The van der Waals surface area contributed by atoms with Crippen LogP contribution in [0.1, 0.15) is 33.1 Å². The van der Waals surface area contributed by atoms with Gasteiger partial charge in [0.2, 0.25) is 0 Å². The fraction of sp³-hybridized carbons (Fsp3) is 0.571. The summed E-state index contributed by atoms with van der Waals surface area (Å²) in [5.74, 6) is 1.25. The average molecular weight is 283 g/mol. The molecule has 2 rings (SSSR count). The molecule has 1 saturated carbocycles. The largest absolute Gasteiger partial charge is 0.376 e. The Morgan fingerprint density at radius 1 is 1.37 bits per heavy atom. The Bertz CT molecular complexity index is 479. The van der Waals surface area contributed by atoms with E-state index in [1.807, 2.05) is 0 Å². The van der Waals surface area contributed by atoms with Crippen LogP contribution in [0.25, 0.3) is 0 Å². The summed E-state index contributed by atoms with van der Waals surface area (Å²) >= 11 is 5.92. The first-order valence-corrected chi connectivity index (χ1v) is 7.06. The van der Waals surface area contributed by atoms with E-state index in [0.717, 1.165) is 25.2 Å². The molecule has 1 aliphatic rings. The van der Waals surface area contributed by atoms with Crippen molar-refractivity contribution >= 4 is 23.0 Å². The Hall–Kier alpha value is -1.29. The predicted molar refractivity (Wildman–Crippen MR) is 77.7 cm³/mol. The van der Waals surface area contributed by atoms with E-state index < -0.39 is 4.92 Å². The molecule has 0 aromatic heterocycles. The molecule has 0 heterocycles. The number of anilines is 1. The third-order valence-electron chi connectivity index (χ3n) is 3.94. The maximum absolute atomic E-state index is 11.1. The average Bonchev–Trinajstić information content (AvgIpc) is 2.32. The lowest BCUT2D eigenvalue weighted by Gasteiger charge is -2.33. The quantitative estimate of drug-likeness (QED) is 0.657. The zero-order valence-electron chi connectivity index (χ0n) is 11.2. The molecule has 0 aliphatic heterocycles. The van der Waals surface area contributed by atoms with E-state index >= 15 is 0 Å². The van der Waals surface area contributed by atoms with E-state index in [-0.39, 0.29) is 16.8 Å². The van der Waals surface area contributed by atoms with Crippen molar-refractivity contribution < 1.29 is 4.92 Å². The van der Waals surface area contributed by atoms with Gasteiger partial charge in [0.25, 0.3) is 0 Å². The molecule has 0 radical (unpaired) electrons. The fourth-order valence-electron chi connectivity index (χ4n) is 2.90. The molecule has 1 fully saturated rings. The predicted octanol–water partition coefficient (Wildman–Crippen LogP) is 4.48. The van der Waals surface area contributed by atoms with Gasteiger partial charge in [-0.1, -0.05) is 31.5 Å². The van der Waals surface area contributed by atoms with Gasteiger partial charge in [0.15, 0.2) is 0 Å². The molecule has 3 unspecified atom stereocenters. The summed E-state index contributed by atoms with van der Waals surface area (Å²) in [6, 6.07) is 5.31.